The molecule has 17 heavy (non-hydrogen) atoms. The van der Waals surface area contributed by atoms with Gasteiger partial charge in [-0.1, -0.05) is 13.8 Å². The zero-order chi connectivity index (χ0) is 12.3. The summed E-state index contributed by atoms with van der Waals surface area (Å²) in [5, 5.41) is 3.50. The maximum Gasteiger partial charge on any atom is 0.0146 e. The van der Waals surface area contributed by atoms with Gasteiger partial charge in [0.15, 0.2) is 0 Å². The Balaban J connectivity index is 1.81. The van der Waals surface area contributed by atoms with Gasteiger partial charge in [-0.05, 0) is 38.8 Å². The van der Waals surface area contributed by atoms with Gasteiger partial charge in [0.25, 0.3) is 0 Å². The molecule has 2 rings (SSSR count). The van der Waals surface area contributed by atoms with Crippen molar-refractivity contribution in [3.63, 3.8) is 0 Å². The van der Waals surface area contributed by atoms with Gasteiger partial charge < -0.3 is 5.32 Å². The van der Waals surface area contributed by atoms with Gasteiger partial charge in [-0.15, -0.1) is 0 Å². The fourth-order valence-corrected chi connectivity index (χ4v) is 3.31. The van der Waals surface area contributed by atoms with Crippen LogP contribution in [-0.4, -0.2) is 61.2 Å². The maximum absolute atomic E-state index is 3.50. The zero-order valence-electron chi connectivity index (χ0n) is 11.8. The first-order chi connectivity index (χ1) is 8.22. The Hall–Kier alpha value is -0.120. The van der Waals surface area contributed by atoms with Crippen LogP contribution in [0.15, 0.2) is 0 Å². The predicted octanol–water partition coefficient (Wildman–Crippen LogP) is 1.40. The molecular formula is C14H29N3. The van der Waals surface area contributed by atoms with Crippen molar-refractivity contribution in [3.05, 3.63) is 0 Å². The largest absolute Gasteiger partial charge is 0.316 e. The fraction of sp³-hybridized carbons (Fsp3) is 1.00. The lowest BCUT2D eigenvalue weighted by molar-refractivity contribution is 0.0437. The highest BCUT2D eigenvalue weighted by Gasteiger charge is 2.30. The molecule has 2 aliphatic rings. The van der Waals surface area contributed by atoms with Crippen molar-refractivity contribution in [1.82, 2.24) is 15.1 Å². The maximum atomic E-state index is 3.50. The number of nitrogens with zero attached hydrogens (tertiary/aromatic N) is 2. The lowest BCUT2D eigenvalue weighted by atomic mass is 9.93. The monoisotopic (exact) mass is 239 g/mol. The van der Waals surface area contributed by atoms with E-state index in [2.05, 4.69) is 35.9 Å². The predicted molar refractivity (Wildman–Crippen MR) is 73.3 cm³/mol. The highest BCUT2D eigenvalue weighted by molar-refractivity contribution is 4.86. The minimum absolute atomic E-state index is 0.766. The Labute approximate surface area is 107 Å². The third-order valence-corrected chi connectivity index (χ3v) is 4.77. The Bertz CT molecular complexity index is 224. The second kappa shape index (κ2) is 6.17. The lowest BCUT2D eigenvalue weighted by Gasteiger charge is -2.44. The van der Waals surface area contributed by atoms with E-state index in [1.807, 2.05) is 0 Å². The Morgan fingerprint density at radius 2 is 1.94 bits per heavy atom. The molecule has 3 heteroatoms. The third kappa shape index (κ3) is 3.21. The molecule has 3 nitrogen and oxygen atoms in total. The van der Waals surface area contributed by atoms with E-state index in [0.717, 1.165) is 18.0 Å². The van der Waals surface area contributed by atoms with Crippen molar-refractivity contribution < 1.29 is 0 Å². The molecule has 0 radical (unpaired) electrons. The first-order valence-corrected chi connectivity index (χ1v) is 7.41. The summed E-state index contributed by atoms with van der Waals surface area (Å²) in [5.74, 6) is 0.818. The summed E-state index contributed by atoms with van der Waals surface area (Å²) in [5.41, 5.74) is 0. The highest BCUT2D eigenvalue weighted by atomic mass is 15.3. The fourth-order valence-electron chi connectivity index (χ4n) is 3.31. The topological polar surface area (TPSA) is 18.5 Å². The van der Waals surface area contributed by atoms with Crippen LogP contribution in [0.4, 0.5) is 0 Å². The number of hydrogen-bond acceptors (Lipinski definition) is 3. The van der Waals surface area contributed by atoms with Crippen LogP contribution in [0.3, 0.4) is 0 Å². The number of piperidine rings is 1. The molecule has 0 aromatic heterocycles. The first kappa shape index (κ1) is 13.3. The van der Waals surface area contributed by atoms with Crippen LogP contribution in [0.25, 0.3) is 0 Å². The average Bonchev–Trinajstić information content (AvgIpc) is 2.39. The number of rotatable bonds is 3. The second-order valence-electron chi connectivity index (χ2n) is 5.87. The Morgan fingerprint density at radius 3 is 2.53 bits per heavy atom. The van der Waals surface area contributed by atoms with Gasteiger partial charge in [0.2, 0.25) is 0 Å². The Morgan fingerprint density at radius 1 is 1.24 bits per heavy atom. The number of nitrogens with one attached hydrogen (secondary N) is 1. The highest BCUT2D eigenvalue weighted by Crippen LogP contribution is 2.20. The van der Waals surface area contributed by atoms with Crippen molar-refractivity contribution in [2.45, 2.75) is 45.7 Å². The SMILES string of the molecule is CCC(C)N1CCN(C2CCNCC2C)CC1. The molecule has 100 valence electrons. The zero-order valence-corrected chi connectivity index (χ0v) is 11.8. The van der Waals surface area contributed by atoms with E-state index < -0.39 is 0 Å². The molecule has 0 aromatic rings. The molecule has 2 saturated heterocycles. The Kier molecular flexibility index (Phi) is 4.83. The van der Waals surface area contributed by atoms with Gasteiger partial charge in [-0.25, -0.2) is 0 Å². The summed E-state index contributed by atoms with van der Waals surface area (Å²) in [6.45, 7) is 14.6. The molecule has 0 spiro atoms. The molecule has 3 unspecified atom stereocenters. The van der Waals surface area contributed by atoms with Crippen molar-refractivity contribution >= 4 is 0 Å². The van der Waals surface area contributed by atoms with Crippen LogP contribution in [0, 0.1) is 5.92 Å². The summed E-state index contributed by atoms with van der Waals surface area (Å²) >= 11 is 0. The van der Waals surface area contributed by atoms with Crippen LogP contribution in [0.2, 0.25) is 0 Å². The summed E-state index contributed by atoms with van der Waals surface area (Å²) in [4.78, 5) is 5.40. The van der Waals surface area contributed by atoms with E-state index in [1.54, 1.807) is 0 Å². The van der Waals surface area contributed by atoms with E-state index in [9.17, 15) is 0 Å². The molecule has 0 aromatic carbocycles. The van der Waals surface area contributed by atoms with Crippen LogP contribution in [0.1, 0.15) is 33.6 Å². The van der Waals surface area contributed by atoms with Crippen molar-refractivity contribution in [2.75, 3.05) is 39.3 Å². The first-order valence-electron chi connectivity index (χ1n) is 7.41. The van der Waals surface area contributed by atoms with E-state index in [4.69, 9.17) is 0 Å². The van der Waals surface area contributed by atoms with Gasteiger partial charge in [0.05, 0.1) is 0 Å². The summed E-state index contributed by atoms with van der Waals surface area (Å²) < 4.78 is 0. The van der Waals surface area contributed by atoms with E-state index in [-0.39, 0.29) is 0 Å². The van der Waals surface area contributed by atoms with Crippen LogP contribution in [-0.2, 0) is 0 Å². The number of hydrogen-bond donors (Lipinski definition) is 1. The smallest absolute Gasteiger partial charge is 0.0146 e. The molecule has 0 amide bonds. The van der Waals surface area contributed by atoms with Gasteiger partial charge in [0, 0.05) is 38.3 Å². The standard InChI is InChI=1S/C14H29N3/c1-4-13(3)16-7-9-17(10-8-16)14-5-6-15-11-12(14)2/h12-15H,4-11H2,1-3H3. The van der Waals surface area contributed by atoms with Gasteiger partial charge in [-0.2, -0.15) is 0 Å². The van der Waals surface area contributed by atoms with Crippen molar-refractivity contribution in [3.8, 4) is 0 Å². The van der Waals surface area contributed by atoms with Crippen LogP contribution in [0.5, 0.6) is 0 Å². The van der Waals surface area contributed by atoms with Crippen molar-refractivity contribution in [1.29, 1.82) is 0 Å². The molecule has 0 bridgehead atoms. The average molecular weight is 239 g/mol. The van der Waals surface area contributed by atoms with Crippen LogP contribution >= 0.6 is 0 Å². The van der Waals surface area contributed by atoms with E-state index in [0.29, 0.717) is 0 Å². The van der Waals surface area contributed by atoms with Gasteiger partial charge >= 0.3 is 0 Å². The molecule has 2 heterocycles. The molecule has 3 atom stereocenters. The summed E-state index contributed by atoms with van der Waals surface area (Å²) in [7, 11) is 0. The molecule has 0 saturated carbocycles. The molecule has 2 fully saturated rings. The third-order valence-electron chi connectivity index (χ3n) is 4.77. The van der Waals surface area contributed by atoms with E-state index in [1.165, 1.54) is 52.1 Å². The van der Waals surface area contributed by atoms with Gasteiger partial charge in [-0.3, -0.25) is 9.80 Å². The summed E-state index contributed by atoms with van der Waals surface area (Å²) in [6, 6.07) is 1.60. The molecular weight excluding hydrogens is 210 g/mol. The quantitative estimate of drug-likeness (QED) is 0.803. The van der Waals surface area contributed by atoms with Gasteiger partial charge in [0.1, 0.15) is 0 Å². The van der Waals surface area contributed by atoms with Crippen molar-refractivity contribution in [2.24, 2.45) is 5.92 Å². The molecule has 0 aliphatic carbocycles. The minimum atomic E-state index is 0.766. The second-order valence-corrected chi connectivity index (χ2v) is 5.87. The molecule has 2 aliphatic heterocycles. The lowest BCUT2D eigenvalue weighted by Crippen LogP contribution is -2.56. The van der Waals surface area contributed by atoms with Crippen LogP contribution < -0.4 is 5.32 Å². The normalized spacial score (nSPS) is 34.8. The van der Waals surface area contributed by atoms with E-state index >= 15 is 0 Å². The number of piperazine rings is 1. The summed E-state index contributed by atoms with van der Waals surface area (Å²) in [6.07, 6.45) is 2.62. The minimum Gasteiger partial charge on any atom is -0.316 e. The molecule has 1 N–H and O–H groups in total.